The molecule has 5 rings (SSSR count). The Hall–Kier alpha value is -5.23. The minimum Gasteiger partial charge on any atom is -0.493 e. The van der Waals surface area contributed by atoms with E-state index in [1.807, 2.05) is 0 Å². The van der Waals surface area contributed by atoms with E-state index in [0.717, 1.165) is 18.0 Å². The van der Waals surface area contributed by atoms with Crippen LogP contribution >= 0.6 is 0 Å². The molecule has 43 heavy (non-hydrogen) atoms. The summed E-state index contributed by atoms with van der Waals surface area (Å²) in [6.07, 6.45) is 7.54. The molecule has 3 aromatic rings. The molecule has 0 aliphatic carbocycles. The Balaban J connectivity index is 1.38. The molecule has 1 amide bonds. The van der Waals surface area contributed by atoms with Gasteiger partial charge in [-0.05, 0) is 55.5 Å². The van der Waals surface area contributed by atoms with Crippen LogP contribution in [0.25, 0.3) is 5.69 Å². The van der Waals surface area contributed by atoms with Crippen molar-refractivity contribution in [3.05, 3.63) is 118 Å². The number of rotatable bonds is 9. The summed E-state index contributed by atoms with van der Waals surface area (Å²) in [4.78, 5) is 28.7. The lowest BCUT2D eigenvalue weighted by atomic mass is 10.2. The third-order valence-corrected chi connectivity index (χ3v) is 6.64. The van der Waals surface area contributed by atoms with Gasteiger partial charge in [-0.2, -0.15) is 0 Å². The number of halogens is 2. The van der Waals surface area contributed by atoms with Crippen LogP contribution in [0.15, 0.2) is 95.0 Å². The Kier molecular flexibility index (Phi) is 8.96. The number of pyridine rings is 1. The van der Waals surface area contributed by atoms with Crippen molar-refractivity contribution in [2.24, 2.45) is 0 Å². The molecule has 3 N–H and O–H groups in total. The second kappa shape index (κ2) is 13.2. The van der Waals surface area contributed by atoms with Crippen LogP contribution in [0.4, 0.5) is 14.5 Å². The molecule has 0 bridgehead atoms. The van der Waals surface area contributed by atoms with E-state index in [9.17, 15) is 14.0 Å². The molecule has 2 aliphatic heterocycles. The van der Waals surface area contributed by atoms with Gasteiger partial charge in [-0.15, -0.1) is 0 Å². The third-order valence-electron chi connectivity index (χ3n) is 6.64. The highest BCUT2D eigenvalue weighted by Gasteiger charge is 2.22. The van der Waals surface area contributed by atoms with Crippen LogP contribution in [0.1, 0.15) is 17.3 Å². The first-order valence-electron chi connectivity index (χ1n) is 13.5. The van der Waals surface area contributed by atoms with E-state index < -0.39 is 23.1 Å². The Morgan fingerprint density at radius 2 is 1.88 bits per heavy atom. The molecule has 1 aromatic heterocycles. The second-order valence-electron chi connectivity index (χ2n) is 9.41. The number of morpholine rings is 1. The predicted octanol–water partition coefficient (Wildman–Crippen LogP) is 4.34. The summed E-state index contributed by atoms with van der Waals surface area (Å²) in [5.74, 6) is -1.81. The monoisotopic (exact) mass is 589 g/mol. The zero-order valence-electron chi connectivity index (χ0n) is 23.2. The lowest BCUT2D eigenvalue weighted by Gasteiger charge is -2.32. The summed E-state index contributed by atoms with van der Waals surface area (Å²) in [5, 5.41) is 13.1. The highest BCUT2D eigenvalue weighted by molar-refractivity contribution is 6.06. The molecule has 0 unspecified atom stereocenters. The number of hydrogen-bond acceptors (Lipinski definition) is 8. The standard InChI is InChI=1S/C31H29F2N5O5/c1-2-42-27-10-12-38(22-6-3-20(32)4-7-22)31(40)29(27)30(39)36-21-5-8-26(24(33)17-21)43-28-18-23(19-35-25(28)9-11-34)37-13-15-41-16-14-37/h3-12,17-19,34-35H,2,13-16H2,1H3,(H,36,39)/b25-9-,34-11?. The Morgan fingerprint density at radius 1 is 1.12 bits per heavy atom. The molecule has 222 valence electrons. The summed E-state index contributed by atoms with van der Waals surface area (Å²) >= 11 is 0. The molecule has 1 saturated heterocycles. The number of anilines is 1. The van der Waals surface area contributed by atoms with Gasteiger partial charge in [-0.1, -0.05) is 0 Å². The summed E-state index contributed by atoms with van der Waals surface area (Å²) in [6.45, 7) is 4.45. The molecule has 10 nitrogen and oxygen atoms in total. The smallest absolute Gasteiger partial charge is 0.271 e. The topological polar surface area (TPSA) is 118 Å². The first-order valence-corrected chi connectivity index (χ1v) is 13.5. The lowest BCUT2D eigenvalue weighted by Crippen LogP contribution is -2.37. The number of dihydropyridines is 1. The number of allylic oxidation sites excluding steroid dienone is 2. The molecule has 0 atom stereocenters. The zero-order valence-corrected chi connectivity index (χ0v) is 23.2. The first-order chi connectivity index (χ1) is 20.9. The van der Waals surface area contributed by atoms with Crippen LogP contribution in [0.2, 0.25) is 0 Å². The Bertz CT molecular complexity index is 1670. The number of aromatic nitrogens is 1. The summed E-state index contributed by atoms with van der Waals surface area (Å²) in [7, 11) is 0. The van der Waals surface area contributed by atoms with Gasteiger partial charge in [-0.25, -0.2) is 8.78 Å². The largest absolute Gasteiger partial charge is 0.493 e. The van der Waals surface area contributed by atoms with Crippen LogP contribution in [0.5, 0.6) is 11.5 Å². The fourth-order valence-corrected chi connectivity index (χ4v) is 4.56. The normalized spacial score (nSPS) is 15.7. The highest BCUT2D eigenvalue weighted by atomic mass is 19.1. The van der Waals surface area contributed by atoms with Gasteiger partial charge in [0.2, 0.25) is 0 Å². The third kappa shape index (κ3) is 6.65. The predicted molar refractivity (Wildman–Crippen MR) is 157 cm³/mol. The number of carbonyl (C=O) groups is 1. The minimum absolute atomic E-state index is 0.0511. The van der Waals surface area contributed by atoms with Crippen LogP contribution in [0.3, 0.4) is 0 Å². The summed E-state index contributed by atoms with van der Waals surface area (Å²) < 4.78 is 46.7. The second-order valence-corrected chi connectivity index (χ2v) is 9.41. The van der Waals surface area contributed by atoms with Gasteiger partial charge in [0.25, 0.3) is 11.5 Å². The van der Waals surface area contributed by atoms with E-state index in [1.54, 1.807) is 19.2 Å². The number of ether oxygens (including phenoxy) is 3. The maximum absolute atomic E-state index is 15.3. The van der Waals surface area contributed by atoms with E-state index in [1.165, 1.54) is 59.3 Å². The van der Waals surface area contributed by atoms with Gasteiger partial charge in [0.1, 0.15) is 17.1 Å². The van der Waals surface area contributed by atoms with Crippen molar-refractivity contribution >= 4 is 17.8 Å². The van der Waals surface area contributed by atoms with Crippen LogP contribution in [-0.2, 0) is 4.74 Å². The maximum Gasteiger partial charge on any atom is 0.271 e. The molecule has 2 aliphatic rings. The zero-order chi connectivity index (χ0) is 30.3. The molecule has 0 saturated carbocycles. The Morgan fingerprint density at radius 3 is 2.58 bits per heavy atom. The lowest BCUT2D eigenvalue weighted by molar-refractivity contribution is 0.0549. The van der Waals surface area contributed by atoms with Crippen LogP contribution in [0, 0.1) is 17.0 Å². The van der Waals surface area contributed by atoms with Gasteiger partial charge < -0.3 is 35.2 Å². The van der Waals surface area contributed by atoms with Gasteiger partial charge in [0, 0.05) is 55.2 Å². The van der Waals surface area contributed by atoms with Gasteiger partial charge >= 0.3 is 0 Å². The van der Waals surface area contributed by atoms with E-state index >= 15 is 4.39 Å². The molecule has 12 heteroatoms. The van der Waals surface area contributed by atoms with Crippen molar-refractivity contribution in [1.82, 2.24) is 14.8 Å². The maximum atomic E-state index is 15.3. The highest BCUT2D eigenvalue weighted by Crippen LogP contribution is 2.28. The molecule has 2 aromatic carbocycles. The van der Waals surface area contributed by atoms with E-state index in [2.05, 4.69) is 15.5 Å². The van der Waals surface area contributed by atoms with Crippen molar-refractivity contribution in [2.75, 3.05) is 38.2 Å². The van der Waals surface area contributed by atoms with Crippen LogP contribution in [-0.4, -0.2) is 54.5 Å². The summed E-state index contributed by atoms with van der Waals surface area (Å²) in [6, 6.07) is 10.6. The fourth-order valence-electron chi connectivity index (χ4n) is 4.56. The molecule has 1 fully saturated rings. The molecule has 3 heterocycles. The molecular weight excluding hydrogens is 560 g/mol. The average Bonchev–Trinajstić information content (AvgIpc) is 3.01. The number of benzene rings is 2. The van der Waals surface area contributed by atoms with Crippen molar-refractivity contribution in [2.45, 2.75) is 6.92 Å². The van der Waals surface area contributed by atoms with Crippen molar-refractivity contribution < 1.29 is 27.8 Å². The number of hydrogen-bond donors (Lipinski definition) is 3. The summed E-state index contributed by atoms with van der Waals surface area (Å²) in [5.41, 5.74) is 0.732. The molecule has 0 spiro atoms. The quantitative estimate of drug-likeness (QED) is 0.318. The Labute approximate surface area is 246 Å². The number of amides is 1. The van der Waals surface area contributed by atoms with Gasteiger partial charge in [-0.3, -0.25) is 14.2 Å². The van der Waals surface area contributed by atoms with Crippen molar-refractivity contribution in [1.29, 1.82) is 5.41 Å². The number of nitrogens with zero attached hydrogens (tertiary/aromatic N) is 2. The van der Waals surface area contributed by atoms with Crippen molar-refractivity contribution in [3.8, 4) is 17.2 Å². The SMILES string of the molecule is CCOc1ccn(-c2ccc(F)cc2)c(=O)c1C(=O)Nc1ccc(OC2=CC(N3CCOCC3)=CN/C2=C\C=N)c(F)c1. The van der Waals surface area contributed by atoms with Gasteiger partial charge in [0.05, 0.1) is 31.2 Å². The minimum atomic E-state index is -0.811. The average molecular weight is 590 g/mol. The van der Waals surface area contributed by atoms with E-state index in [4.69, 9.17) is 19.6 Å². The fraction of sp³-hybridized carbons (Fsp3) is 0.194. The molecular formula is C31H29F2N5O5. The van der Waals surface area contributed by atoms with Gasteiger partial charge in [0.15, 0.2) is 17.3 Å². The van der Waals surface area contributed by atoms with Crippen LogP contribution < -0.4 is 25.7 Å². The first kappa shape index (κ1) is 29.3. The van der Waals surface area contributed by atoms with Crippen molar-refractivity contribution in [3.63, 3.8) is 0 Å². The van der Waals surface area contributed by atoms with E-state index in [-0.39, 0.29) is 29.4 Å². The molecule has 0 radical (unpaired) electrons. The van der Waals surface area contributed by atoms with E-state index in [0.29, 0.717) is 43.4 Å². The number of nitrogens with one attached hydrogen (secondary N) is 3. The number of carbonyl (C=O) groups excluding carboxylic acids is 1.